The van der Waals surface area contributed by atoms with Gasteiger partial charge in [-0.15, -0.1) is 0 Å². The van der Waals surface area contributed by atoms with Crippen molar-refractivity contribution >= 4 is 17.7 Å². The molecular formula is C13H15NO7. The van der Waals surface area contributed by atoms with Crippen LogP contribution in [0.2, 0.25) is 0 Å². The number of Topliss-reactive ketones (excluding diaryl/α,β-unsaturated/α-hetero) is 1. The van der Waals surface area contributed by atoms with Crippen LogP contribution < -0.4 is 0 Å². The Hall–Kier alpha value is -2.51. The van der Waals surface area contributed by atoms with E-state index in [0.717, 1.165) is 26.4 Å². The summed E-state index contributed by atoms with van der Waals surface area (Å²) in [5.41, 5.74) is -0.172. The van der Waals surface area contributed by atoms with Crippen molar-refractivity contribution < 1.29 is 28.8 Å². The maximum atomic E-state index is 11.8. The number of ketones is 1. The number of rotatable bonds is 5. The van der Waals surface area contributed by atoms with Crippen LogP contribution >= 0.6 is 0 Å². The molecule has 0 spiro atoms. The Labute approximate surface area is 120 Å². The molecule has 0 N–H and O–H groups in total. The van der Waals surface area contributed by atoms with Crippen LogP contribution in [0.15, 0.2) is 23.3 Å². The van der Waals surface area contributed by atoms with E-state index in [0.29, 0.717) is 0 Å². The first-order valence-corrected chi connectivity index (χ1v) is 6.04. The van der Waals surface area contributed by atoms with Crippen LogP contribution in [0.3, 0.4) is 0 Å². The number of carbonyl (C=O) groups is 3. The standard InChI is InChI=1S/C13H15NO7/c1-7(15)4-9-10(12(16)20-2)5-8(14(18)19)6-11(9)13(17)21-3/h5-6,8-9H,4H2,1-3H3. The molecule has 0 aliphatic heterocycles. The summed E-state index contributed by atoms with van der Waals surface area (Å²) >= 11 is 0. The quantitative estimate of drug-likeness (QED) is 0.411. The predicted molar refractivity (Wildman–Crippen MR) is 69.8 cm³/mol. The number of nitrogens with zero attached hydrogens (tertiary/aromatic N) is 1. The van der Waals surface area contributed by atoms with E-state index in [-0.39, 0.29) is 23.4 Å². The SMILES string of the molecule is COC(=O)C1=CC([N+](=O)[O-])C=C(C(=O)OC)C1CC(C)=O. The van der Waals surface area contributed by atoms with Gasteiger partial charge in [0.15, 0.2) is 0 Å². The van der Waals surface area contributed by atoms with E-state index in [4.69, 9.17) is 0 Å². The van der Waals surface area contributed by atoms with Gasteiger partial charge in [0, 0.05) is 40.6 Å². The molecule has 21 heavy (non-hydrogen) atoms. The smallest absolute Gasteiger partial charge is 0.334 e. The minimum atomic E-state index is -1.35. The van der Waals surface area contributed by atoms with Crippen molar-refractivity contribution in [3.05, 3.63) is 33.4 Å². The number of hydrogen-bond donors (Lipinski definition) is 0. The van der Waals surface area contributed by atoms with Crippen LogP contribution in [-0.2, 0) is 23.9 Å². The molecule has 0 aromatic heterocycles. The topological polar surface area (TPSA) is 113 Å². The molecule has 8 heteroatoms. The van der Waals surface area contributed by atoms with Crippen molar-refractivity contribution in [2.45, 2.75) is 19.4 Å². The summed E-state index contributed by atoms with van der Waals surface area (Å²) in [6.45, 7) is 1.30. The fourth-order valence-electron chi connectivity index (χ4n) is 2.10. The minimum absolute atomic E-state index is 0.0858. The molecule has 0 heterocycles. The number of nitro groups is 1. The van der Waals surface area contributed by atoms with E-state index < -0.39 is 28.8 Å². The Morgan fingerprint density at radius 1 is 1.14 bits per heavy atom. The first-order chi connectivity index (χ1) is 9.81. The Morgan fingerprint density at radius 3 is 1.86 bits per heavy atom. The molecule has 0 saturated heterocycles. The first-order valence-electron chi connectivity index (χ1n) is 6.04. The van der Waals surface area contributed by atoms with E-state index in [1.165, 1.54) is 6.92 Å². The van der Waals surface area contributed by atoms with Crippen molar-refractivity contribution in [1.82, 2.24) is 0 Å². The van der Waals surface area contributed by atoms with Gasteiger partial charge in [0.05, 0.1) is 14.2 Å². The number of hydrogen-bond acceptors (Lipinski definition) is 7. The van der Waals surface area contributed by atoms with Crippen molar-refractivity contribution in [1.29, 1.82) is 0 Å². The molecule has 0 amide bonds. The highest BCUT2D eigenvalue weighted by Gasteiger charge is 2.37. The summed E-state index contributed by atoms with van der Waals surface area (Å²) in [5.74, 6) is -2.81. The summed E-state index contributed by atoms with van der Waals surface area (Å²) in [7, 11) is 2.23. The van der Waals surface area contributed by atoms with Gasteiger partial charge >= 0.3 is 11.9 Å². The molecule has 0 bridgehead atoms. The maximum absolute atomic E-state index is 11.8. The molecule has 0 unspecified atom stereocenters. The monoisotopic (exact) mass is 297 g/mol. The number of ether oxygens (including phenoxy) is 2. The molecule has 0 radical (unpaired) electrons. The van der Waals surface area contributed by atoms with Crippen LogP contribution in [0.4, 0.5) is 0 Å². The second-order valence-electron chi connectivity index (χ2n) is 4.46. The molecule has 1 aliphatic carbocycles. The molecule has 0 saturated carbocycles. The summed E-state index contributed by atoms with van der Waals surface area (Å²) in [5, 5.41) is 10.9. The fraction of sp³-hybridized carbons (Fsp3) is 0.462. The van der Waals surface area contributed by atoms with E-state index in [2.05, 4.69) is 9.47 Å². The third-order valence-electron chi connectivity index (χ3n) is 3.03. The summed E-state index contributed by atoms with van der Waals surface area (Å²) in [6.07, 6.45) is 2.03. The van der Waals surface area contributed by atoms with Gasteiger partial charge in [0.25, 0.3) is 6.04 Å². The zero-order valence-corrected chi connectivity index (χ0v) is 11.8. The van der Waals surface area contributed by atoms with Crippen molar-refractivity contribution in [2.24, 2.45) is 5.92 Å². The van der Waals surface area contributed by atoms with E-state index in [9.17, 15) is 24.5 Å². The summed E-state index contributed by atoms with van der Waals surface area (Å²) < 4.78 is 9.14. The molecule has 8 nitrogen and oxygen atoms in total. The zero-order chi connectivity index (χ0) is 16.2. The maximum Gasteiger partial charge on any atom is 0.334 e. The molecule has 114 valence electrons. The molecule has 0 aromatic carbocycles. The molecule has 0 aromatic rings. The lowest BCUT2D eigenvalue weighted by molar-refractivity contribution is -0.497. The highest BCUT2D eigenvalue weighted by molar-refractivity contribution is 5.98. The second-order valence-corrected chi connectivity index (χ2v) is 4.46. The largest absolute Gasteiger partial charge is 0.466 e. The van der Waals surface area contributed by atoms with Crippen molar-refractivity contribution in [2.75, 3.05) is 14.2 Å². The van der Waals surface area contributed by atoms with Gasteiger partial charge in [0.1, 0.15) is 5.78 Å². The van der Waals surface area contributed by atoms with Gasteiger partial charge in [-0.05, 0) is 6.92 Å². The Bertz CT molecular complexity index is 513. The third kappa shape index (κ3) is 3.74. The number of methoxy groups -OCH3 is 2. The van der Waals surface area contributed by atoms with E-state index >= 15 is 0 Å². The first kappa shape index (κ1) is 16.5. The summed E-state index contributed by atoms with van der Waals surface area (Å²) in [6, 6.07) is -1.35. The van der Waals surface area contributed by atoms with Gasteiger partial charge in [-0.3, -0.25) is 14.9 Å². The van der Waals surface area contributed by atoms with Crippen LogP contribution in [0.5, 0.6) is 0 Å². The highest BCUT2D eigenvalue weighted by atomic mass is 16.6. The second kappa shape index (κ2) is 6.78. The Kier molecular flexibility index (Phi) is 5.34. The van der Waals surface area contributed by atoms with Crippen molar-refractivity contribution in [3.63, 3.8) is 0 Å². The highest BCUT2D eigenvalue weighted by Crippen LogP contribution is 2.31. The average molecular weight is 297 g/mol. The molecule has 1 aliphatic rings. The van der Waals surface area contributed by atoms with E-state index in [1.807, 2.05) is 0 Å². The average Bonchev–Trinajstić information content (AvgIpc) is 2.44. The molecule has 1 rings (SSSR count). The minimum Gasteiger partial charge on any atom is -0.466 e. The van der Waals surface area contributed by atoms with Crippen molar-refractivity contribution in [3.8, 4) is 0 Å². The Balaban J connectivity index is 3.35. The lowest BCUT2D eigenvalue weighted by Gasteiger charge is -2.23. The molecular weight excluding hydrogens is 282 g/mol. The third-order valence-corrected chi connectivity index (χ3v) is 3.03. The van der Waals surface area contributed by atoms with Crippen LogP contribution in [0.1, 0.15) is 13.3 Å². The lowest BCUT2D eigenvalue weighted by atomic mass is 9.81. The normalized spacial score (nSPS) is 20.9. The molecule has 0 atom stereocenters. The summed E-state index contributed by atoms with van der Waals surface area (Å²) in [4.78, 5) is 45.2. The van der Waals surface area contributed by atoms with Gasteiger partial charge < -0.3 is 9.47 Å². The van der Waals surface area contributed by atoms with E-state index in [1.54, 1.807) is 0 Å². The Morgan fingerprint density at radius 2 is 1.57 bits per heavy atom. The van der Waals surface area contributed by atoms with Gasteiger partial charge in [-0.25, -0.2) is 9.59 Å². The predicted octanol–water partition coefficient (Wildman–Crippen LogP) is 0.439. The molecule has 0 fully saturated rings. The van der Waals surface area contributed by atoms with Crippen LogP contribution in [0, 0.1) is 16.0 Å². The van der Waals surface area contributed by atoms with Crippen LogP contribution in [0.25, 0.3) is 0 Å². The number of esters is 2. The van der Waals surface area contributed by atoms with Gasteiger partial charge in [-0.1, -0.05) is 0 Å². The number of carbonyl (C=O) groups excluding carboxylic acids is 3. The van der Waals surface area contributed by atoms with Crippen LogP contribution in [-0.4, -0.2) is 42.9 Å². The fourth-order valence-corrected chi connectivity index (χ4v) is 2.10. The van der Waals surface area contributed by atoms with Gasteiger partial charge in [-0.2, -0.15) is 0 Å². The lowest BCUT2D eigenvalue weighted by Crippen LogP contribution is -2.31. The van der Waals surface area contributed by atoms with Gasteiger partial charge in [0.2, 0.25) is 0 Å². The zero-order valence-electron chi connectivity index (χ0n) is 11.8.